The maximum atomic E-state index is 13.4. The third-order valence-corrected chi connectivity index (χ3v) is 7.10. The van der Waals surface area contributed by atoms with E-state index < -0.39 is 57.7 Å². The average molecular weight is 566 g/mol. The molecule has 0 aromatic heterocycles. The predicted molar refractivity (Wildman–Crippen MR) is 133 cm³/mol. The van der Waals surface area contributed by atoms with Crippen LogP contribution in [0.2, 0.25) is 5.02 Å². The Kier molecular flexibility index (Phi) is 9.95. The van der Waals surface area contributed by atoms with Gasteiger partial charge in [0.2, 0.25) is 21.8 Å². The van der Waals surface area contributed by atoms with Gasteiger partial charge in [0.15, 0.2) is 0 Å². The number of nitrogens with zero attached hydrogens (tertiary/aromatic N) is 2. The smallest absolute Gasteiger partial charge is 0.352 e. The molecule has 0 aliphatic rings. The van der Waals surface area contributed by atoms with Gasteiger partial charge in [0.05, 0.1) is 22.5 Å². The Balaban J connectivity index is 2.49. The zero-order chi connectivity index (χ0) is 28.1. The first-order valence-corrected chi connectivity index (χ1v) is 13.5. The van der Waals surface area contributed by atoms with Crippen LogP contribution in [0.5, 0.6) is 0 Å². The summed E-state index contributed by atoms with van der Waals surface area (Å²) in [5.41, 5.74) is -1.25. The van der Waals surface area contributed by atoms with Gasteiger partial charge < -0.3 is 10.2 Å². The number of anilines is 1. The maximum Gasteiger partial charge on any atom is 0.416 e. The quantitative estimate of drug-likeness (QED) is 0.427. The summed E-state index contributed by atoms with van der Waals surface area (Å²) in [5.74, 6) is -1.92. The summed E-state index contributed by atoms with van der Waals surface area (Å²) in [4.78, 5) is 27.3. The van der Waals surface area contributed by atoms with E-state index in [4.69, 9.17) is 11.6 Å². The second-order valence-electron chi connectivity index (χ2n) is 8.58. The Hall–Kier alpha value is -2.86. The molecule has 0 spiro atoms. The fourth-order valence-electron chi connectivity index (χ4n) is 3.31. The summed E-state index contributed by atoms with van der Waals surface area (Å²) in [7, 11) is -4.29. The molecule has 0 radical (unpaired) electrons. The van der Waals surface area contributed by atoms with Crippen LogP contribution in [-0.2, 0) is 32.3 Å². The number of nitrogens with one attached hydrogen (secondary N) is 1. The van der Waals surface area contributed by atoms with Gasteiger partial charge in [-0.05, 0) is 56.2 Å². The molecule has 0 aliphatic heterocycles. The van der Waals surface area contributed by atoms with Crippen molar-refractivity contribution in [2.45, 2.75) is 52.0 Å². The summed E-state index contributed by atoms with van der Waals surface area (Å²) in [5, 5.41) is 2.42. The number of carbonyl (C=O) groups excluding carboxylic acids is 2. The molecule has 2 amide bonds. The fraction of sp³-hybridized carbons (Fsp3) is 0.417. The van der Waals surface area contributed by atoms with Crippen molar-refractivity contribution in [1.82, 2.24) is 10.2 Å². The molecule has 0 saturated heterocycles. The van der Waals surface area contributed by atoms with Gasteiger partial charge in [0.25, 0.3) is 0 Å². The molecule has 1 N–H and O–H groups in total. The number of amides is 2. The first kappa shape index (κ1) is 30.4. The minimum atomic E-state index is -4.79. The van der Waals surface area contributed by atoms with Crippen LogP contribution in [0.4, 0.5) is 23.2 Å². The largest absolute Gasteiger partial charge is 0.416 e. The number of halogens is 5. The molecule has 2 rings (SSSR count). The second kappa shape index (κ2) is 12.1. The first-order valence-electron chi connectivity index (χ1n) is 11.2. The standard InChI is InChI=1S/C24H28ClF4N3O4S/c1-5-15(2)30-23(34)16(3)31(13-17-6-9-19(26)10-7-17)22(33)14-32(37(4,35)36)21-12-18(24(27,28)29)8-11-20(21)25/h6-12,15-16H,5,13-14H2,1-4H3,(H,30,34). The Bertz CT molecular complexity index is 1220. The van der Waals surface area contributed by atoms with Crippen LogP contribution >= 0.6 is 11.6 Å². The summed E-state index contributed by atoms with van der Waals surface area (Å²) < 4.78 is 78.9. The molecular formula is C24H28ClF4N3O4S. The Labute approximate surface area is 218 Å². The number of carbonyl (C=O) groups is 2. The lowest BCUT2D eigenvalue weighted by molar-refractivity contribution is -0.139. The van der Waals surface area contributed by atoms with Gasteiger partial charge in [-0.25, -0.2) is 12.8 Å². The van der Waals surface area contributed by atoms with E-state index >= 15 is 0 Å². The van der Waals surface area contributed by atoms with Gasteiger partial charge in [0, 0.05) is 12.6 Å². The zero-order valence-electron chi connectivity index (χ0n) is 20.6. The molecule has 2 aromatic carbocycles. The number of alkyl halides is 3. The molecule has 204 valence electrons. The van der Waals surface area contributed by atoms with E-state index in [-0.39, 0.29) is 17.6 Å². The summed E-state index contributed by atoms with van der Waals surface area (Å²) in [6.07, 6.45) is -3.45. The number of rotatable bonds is 10. The van der Waals surface area contributed by atoms with Gasteiger partial charge in [-0.2, -0.15) is 13.2 Å². The van der Waals surface area contributed by atoms with Crippen LogP contribution in [-0.4, -0.2) is 50.0 Å². The van der Waals surface area contributed by atoms with Gasteiger partial charge >= 0.3 is 6.18 Å². The molecule has 13 heteroatoms. The lowest BCUT2D eigenvalue weighted by atomic mass is 10.1. The van der Waals surface area contributed by atoms with Crippen LogP contribution in [0.25, 0.3) is 0 Å². The van der Waals surface area contributed by atoms with E-state index in [1.807, 2.05) is 6.92 Å². The van der Waals surface area contributed by atoms with E-state index in [2.05, 4.69) is 5.32 Å². The molecule has 0 heterocycles. The van der Waals surface area contributed by atoms with Crippen molar-refractivity contribution in [2.24, 2.45) is 0 Å². The van der Waals surface area contributed by atoms with Crippen LogP contribution in [0.1, 0.15) is 38.3 Å². The lowest BCUT2D eigenvalue weighted by Gasteiger charge is -2.32. The minimum absolute atomic E-state index is 0.192. The monoisotopic (exact) mass is 565 g/mol. The molecule has 37 heavy (non-hydrogen) atoms. The van der Waals surface area contributed by atoms with Crippen molar-refractivity contribution in [1.29, 1.82) is 0 Å². The van der Waals surface area contributed by atoms with Crippen molar-refractivity contribution in [3.05, 3.63) is 64.4 Å². The van der Waals surface area contributed by atoms with Crippen LogP contribution in [0.15, 0.2) is 42.5 Å². The third-order valence-electron chi connectivity index (χ3n) is 5.66. The number of hydrogen-bond donors (Lipinski definition) is 1. The molecule has 2 unspecified atom stereocenters. The van der Waals surface area contributed by atoms with Gasteiger partial charge in [0.1, 0.15) is 18.4 Å². The van der Waals surface area contributed by atoms with Crippen molar-refractivity contribution >= 4 is 39.1 Å². The van der Waals surface area contributed by atoms with Crippen molar-refractivity contribution < 1.29 is 35.6 Å². The second-order valence-corrected chi connectivity index (χ2v) is 10.9. The van der Waals surface area contributed by atoms with Crippen molar-refractivity contribution in [3.63, 3.8) is 0 Å². The highest BCUT2D eigenvalue weighted by molar-refractivity contribution is 7.92. The molecule has 0 fully saturated rings. The van der Waals surface area contributed by atoms with Crippen LogP contribution < -0.4 is 9.62 Å². The summed E-state index contributed by atoms with van der Waals surface area (Å²) in [6, 6.07) is 5.93. The molecule has 2 aromatic rings. The SMILES string of the molecule is CCC(C)NC(=O)C(C)N(Cc1ccc(F)cc1)C(=O)CN(c1cc(C(F)(F)F)ccc1Cl)S(C)(=O)=O. The third kappa shape index (κ3) is 8.32. The highest BCUT2D eigenvalue weighted by Gasteiger charge is 2.34. The Morgan fingerprint density at radius 2 is 1.68 bits per heavy atom. The highest BCUT2D eigenvalue weighted by atomic mass is 35.5. The number of hydrogen-bond acceptors (Lipinski definition) is 4. The van der Waals surface area contributed by atoms with E-state index in [0.717, 1.165) is 29.4 Å². The molecular weight excluding hydrogens is 538 g/mol. The van der Waals surface area contributed by atoms with E-state index in [9.17, 15) is 35.6 Å². The lowest BCUT2D eigenvalue weighted by Crippen LogP contribution is -2.52. The van der Waals surface area contributed by atoms with Crippen LogP contribution in [0.3, 0.4) is 0 Å². The van der Waals surface area contributed by atoms with E-state index in [1.54, 1.807) is 6.92 Å². The highest BCUT2D eigenvalue weighted by Crippen LogP contribution is 2.36. The van der Waals surface area contributed by atoms with Gasteiger partial charge in [-0.3, -0.25) is 13.9 Å². The minimum Gasteiger partial charge on any atom is -0.352 e. The van der Waals surface area contributed by atoms with Crippen LogP contribution in [0, 0.1) is 5.82 Å². The Morgan fingerprint density at radius 3 is 2.19 bits per heavy atom. The summed E-state index contributed by atoms with van der Waals surface area (Å²) in [6.45, 7) is 3.92. The average Bonchev–Trinajstić information content (AvgIpc) is 2.80. The normalized spacial score (nSPS) is 13.5. The molecule has 2 atom stereocenters. The van der Waals surface area contributed by atoms with Crippen molar-refractivity contribution in [2.75, 3.05) is 17.1 Å². The topological polar surface area (TPSA) is 86.8 Å². The molecule has 0 aliphatic carbocycles. The Morgan fingerprint density at radius 1 is 1.08 bits per heavy atom. The number of benzene rings is 2. The maximum absolute atomic E-state index is 13.4. The number of sulfonamides is 1. The molecule has 7 nitrogen and oxygen atoms in total. The van der Waals surface area contributed by atoms with Crippen molar-refractivity contribution in [3.8, 4) is 0 Å². The van der Waals surface area contributed by atoms with Gasteiger partial charge in [-0.15, -0.1) is 0 Å². The van der Waals surface area contributed by atoms with E-state index in [0.29, 0.717) is 28.4 Å². The zero-order valence-corrected chi connectivity index (χ0v) is 22.2. The van der Waals surface area contributed by atoms with E-state index in [1.165, 1.54) is 19.1 Å². The predicted octanol–water partition coefficient (Wildman–Crippen LogP) is 4.60. The van der Waals surface area contributed by atoms with Gasteiger partial charge in [-0.1, -0.05) is 30.7 Å². The summed E-state index contributed by atoms with van der Waals surface area (Å²) >= 11 is 6.04. The first-order chi connectivity index (χ1) is 17.0. The fourth-order valence-corrected chi connectivity index (χ4v) is 4.43. The molecule has 0 saturated carbocycles. The molecule has 0 bridgehead atoms.